The second kappa shape index (κ2) is 9.90. The van der Waals surface area contributed by atoms with Crippen LogP contribution in [0, 0.1) is 13.8 Å². The summed E-state index contributed by atoms with van der Waals surface area (Å²) in [6.07, 6.45) is 1.52. The summed E-state index contributed by atoms with van der Waals surface area (Å²) in [5.74, 6) is 0.969. The standard InChI is InChI=1S/C25H31N3O3S/c1-5-30-20-10-8-19(9-11-20)23(28-14-12-27(4)13-15-28)22-17(2)18(3)32-25(22)26-24(29)21-7-6-16-31-21/h6-11,16,23H,5,12-15H2,1-4H3,(H,26,29)/t23-/m1/s1. The Balaban J connectivity index is 1.74. The topological polar surface area (TPSA) is 58.0 Å². The summed E-state index contributed by atoms with van der Waals surface area (Å²) in [5, 5.41) is 4.02. The highest BCUT2D eigenvalue weighted by Crippen LogP contribution is 2.43. The summed E-state index contributed by atoms with van der Waals surface area (Å²) in [5.41, 5.74) is 3.59. The molecule has 0 bridgehead atoms. The van der Waals surface area contributed by atoms with Gasteiger partial charge in [-0.2, -0.15) is 0 Å². The van der Waals surface area contributed by atoms with E-state index < -0.39 is 0 Å². The van der Waals surface area contributed by atoms with Crippen LogP contribution in [0.4, 0.5) is 5.00 Å². The van der Waals surface area contributed by atoms with Crippen LogP contribution in [0.15, 0.2) is 47.1 Å². The first-order chi connectivity index (χ1) is 15.5. The zero-order valence-electron chi connectivity index (χ0n) is 19.2. The molecule has 1 amide bonds. The fourth-order valence-electron chi connectivity index (χ4n) is 4.19. The molecule has 0 saturated carbocycles. The van der Waals surface area contributed by atoms with Crippen molar-refractivity contribution < 1.29 is 13.9 Å². The van der Waals surface area contributed by atoms with Crippen molar-refractivity contribution in [2.45, 2.75) is 26.8 Å². The van der Waals surface area contributed by atoms with Crippen molar-refractivity contribution in [3.8, 4) is 5.75 Å². The smallest absolute Gasteiger partial charge is 0.291 e. The van der Waals surface area contributed by atoms with Crippen molar-refractivity contribution >= 4 is 22.2 Å². The maximum atomic E-state index is 12.8. The quantitative estimate of drug-likeness (QED) is 0.549. The zero-order chi connectivity index (χ0) is 22.7. The van der Waals surface area contributed by atoms with Gasteiger partial charge in [-0.3, -0.25) is 9.69 Å². The predicted molar refractivity (Wildman–Crippen MR) is 129 cm³/mol. The molecule has 6 nitrogen and oxygen atoms in total. The normalized spacial score (nSPS) is 16.1. The van der Waals surface area contributed by atoms with Gasteiger partial charge >= 0.3 is 0 Å². The van der Waals surface area contributed by atoms with E-state index in [9.17, 15) is 4.79 Å². The van der Waals surface area contributed by atoms with Crippen molar-refractivity contribution in [3.63, 3.8) is 0 Å². The first-order valence-electron chi connectivity index (χ1n) is 11.1. The van der Waals surface area contributed by atoms with Gasteiger partial charge < -0.3 is 19.4 Å². The predicted octanol–water partition coefficient (Wildman–Crippen LogP) is 4.95. The lowest BCUT2D eigenvalue weighted by Crippen LogP contribution is -2.46. The largest absolute Gasteiger partial charge is 0.494 e. The number of carbonyl (C=O) groups is 1. The number of rotatable bonds is 7. The van der Waals surface area contributed by atoms with Crippen LogP contribution >= 0.6 is 11.3 Å². The lowest BCUT2D eigenvalue weighted by atomic mass is 9.94. The third-order valence-corrected chi connectivity index (χ3v) is 7.23. The summed E-state index contributed by atoms with van der Waals surface area (Å²) in [6.45, 7) is 10.9. The molecule has 4 rings (SSSR count). The molecule has 1 fully saturated rings. The van der Waals surface area contributed by atoms with E-state index >= 15 is 0 Å². The fraction of sp³-hybridized carbons (Fsp3) is 0.400. The molecule has 0 radical (unpaired) electrons. The molecule has 7 heteroatoms. The lowest BCUT2D eigenvalue weighted by Gasteiger charge is -2.39. The summed E-state index contributed by atoms with van der Waals surface area (Å²) in [7, 11) is 2.16. The Bertz CT molecular complexity index is 1040. The maximum absolute atomic E-state index is 12.8. The minimum atomic E-state index is -0.221. The first-order valence-corrected chi connectivity index (χ1v) is 11.9. The molecule has 0 unspecified atom stereocenters. The number of nitrogens with one attached hydrogen (secondary N) is 1. The van der Waals surface area contributed by atoms with Gasteiger partial charge in [0.15, 0.2) is 5.76 Å². The van der Waals surface area contributed by atoms with Gasteiger partial charge in [0.05, 0.1) is 18.9 Å². The molecule has 0 spiro atoms. The van der Waals surface area contributed by atoms with E-state index in [1.807, 2.05) is 19.1 Å². The van der Waals surface area contributed by atoms with Crippen molar-refractivity contribution in [1.82, 2.24) is 9.80 Å². The number of ether oxygens (including phenoxy) is 1. The number of piperazine rings is 1. The number of likely N-dealkylation sites (N-methyl/N-ethyl adjacent to an activating group) is 1. The van der Waals surface area contributed by atoms with Crippen molar-refractivity contribution in [2.75, 3.05) is 45.2 Å². The molecule has 0 aliphatic carbocycles. The SMILES string of the molecule is CCOc1ccc([C@H](c2c(NC(=O)c3ccco3)sc(C)c2C)N2CCN(C)CC2)cc1. The summed E-state index contributed by atoms with van der Waals surface area (Å²) < 4.78 is 11.0. The molecule has 1 N–H and O–H groups in total. The van der Waals surface area contributed by atoms with Gasteiger partial charge in [0.1, 0.15) is 10.8 Å². The van der Waals surface area contributed by atoms with Gasteiger partial charge in [0.2, 0.25) is 0 Å². The molecule has 2 aromatic heterocycles. The molecule has 3 heterocycles. The Hall–Kier alpha value is -2.61. The monoisotopic (exact) mass is 453 g/mol. The summed E-state index contributed by atoms with van der Waals surface area (Å²) in [4.78, 5) is 18.9. The van der Waals surface area contributed by atoms with Crippen LogP contribution in [0.5, 0.6) is 5.75 Å². The molecule has 1 aromatic carbocycles. The Morgan fingerprint density at radius 1 is 1.16 bits per heavy atom. The molecular weight excluding hydrogens is 422 g/mol. The highest BCUT2D eigenvalue weighted by atomic mass is 32.1. The van der Waals surface area contributed by atoms with Gasteiger partial charge in [0, 0.05) is 36.6 Å². The second-order valence-electron chi connectivity index (χ2n) is 8.20. The van der Waals surface area contributed by atoms with Crippen LogP contribution in [0.1, 0.15) is 45.1 Å². The zero-order valence-corrected chi connectivity index (χ0v) is 20.0. The molecule has 1 saturated heterocycles. The highest BCUT2D eigenvalue weighted by molar-refractivity contribution is 7.16. The Morgan fingerprint density at radius 2 is 1.88 bits per heavy atom. The van der Waals surface area contributed by atoms with Crippen LogP contribution in [0.25, 0.3) is 0 Å². The van der Waals surface area contributed by atoms with Crippen LogP contribution < -0.4 is 10.1 Å². The Labute approximate surface area is 193 Å². The van der Waals surface area contributed by atoms with E-state index in [2.05, 4.69) is 48.1 Å². The van der Waals surface area contributed by atoms with Gasteiger partial charge in [-0.15, -0.1) is 11.3 Å². The van der Waals surface area contributed by atoms with Crippen LogP contribution in [0.2, 0.25) is 0 Å². The van der Waals surface area contributed by atoms with Gasteiger partial charge in [-0.1, -0.05) is 12.1 Å². The number of nitrogens with zero attached hydrogens (tertiary/aromatic N) is 2. The van der Waals surface area contributed by atoms with Crippen LogP contribution in [0.3, 0.4) is 0 Å². The van der Waals surface area contributed by atoms with Crippen molar-refractivity contribution in [2.24, 2.45) is 0 Å². The minimum Gasteiger partial charge on any atom is -0.494 e. The molecular formula is C25H31N3O3S. The van der Waals surface area contributed by atoms with E-state index in [0.717, 1.165) is 36.9 Å². The Kier molecular flexibility index (Phi) is 6.98. The number of anilines is 1. The summed E-state index contributed by atoms with van der Waals surface area (Å²) in [6, 6.07) is 11.9. The third kappa shape index (κ3) is 4.75. The minimum absolute atomic E-state index is 0.0521. The Morgan fingerprint density at radius 3 is 2.50 bits per heavy atom. The molecule has 1 aliphatic rings. The first kappa shape index (κ1) is 22.6. The number of hydrogen-bond acceptors (Lipinski definition) is 6. The number of aryl methyl sites for hydroxylation is 1. The summed E-state index contributed by atoms with van der Waals surface area (Å²) >= 11 is 1.63. The van der Waals surface area contributed by atoms with Gasteiger partial charge in [-0.05, 0) is 63.2 Å². The number of thiophene rings is 1. The van der Waals surface area contributed by atoms with Gasteiger partial charge in [-0.25, -0.2) is 0 Å². The number of carbonyl (C=O) groups excluding carboxylic acids is 1. The maximum Gasteiger partial charge on any atom is 0.291 e. The van der Waals surface area contributed by atoms with Crippen LogP contribution in [-0.4, -0.2) is 55.5 Å². The van der Waals surface area contributed by atoms with E-state index in [-0.39, 0.29) is 11.9 Å². The molecule has 32 heavy (non-hydrogen) atoms. The van der Waals surface area contributed by atoms with Gasteiger partial charge in [0.25, 0.3) is 5.91 Å². The molecule has 3 aromatic rings. The fourth-order valence-corrected chi connectivity index (χ4v) is 5.28. The number of furan rings is 1. The number of benzene rings is 1. The molecule has 1 atom stereocenters. The molecule has 170 valence electrons. The number of amides is 1. The van der Waals surface area contributed by atoms with E-state index in [1.165, 1.54) is 27.8 Å². The third-order valence-electron chi connectivity index (χ3n) is 6.09. The molecule has 1 aliphatic heterocycles. The van der Waals surface area contributed by atoms with Crippen molar-refractivity contribution in [3.05, 3.63) is 70.0 Å². The second-order valence-corrected chi connectivity index (χ2v) is 9.43. The van der Waals surface area contributed by atoms with E-state index in [0.29, 0.717) is 12.4 Å². The lowest BCUT2D eigenvalue weighted by molar-refractivity contribution is 0.0996. The average molecular weight is 454 g/mol. The number of hydrogen-bond donors (Lipinski definition) is 1. The van der Waals surface area contributed by atoms with E-state index in [4.69, 9.17) is 9.15 Å². The van der Waals surface area contributed by atoms with Crippen LogP contribution in [-0.2, 0) is 0 Å². The van der Waals surface area contributed by atoms with E-state index in [1.54, 1.807) is 23.5 Å². The average Bonchev–Trinajstić information content (AvgIpc) is 3.41. The van der Waals surface area contributed by atoms with Crippen molar-refractivity contribution in [1.29, 1.82) is 0 Å². The highest BCUT2D eigenvalue weighted by Gasteiger charge is 2.31.